The minimum Gasteiger partial charge on any atom is -0.474 e. The fraction of sp³-hybridized carbons (Fsp3) is 0.375. The highest BCUT2D eigenvalue weighted by Gasteiger charge is 2.20. The highest BCUT2D eigenvalue weighted by atomic mass is 127. The first-order valence-corrected chi connectivity index (χ1v) is 8.34. The third-order valence-corrected chi connectivity index (χ3v) is 4.57. The lowest BCUT2D eigenvalue weighted by molar-refractivity contribution is 0.114. The predicted molar refractivity (Wildman–Crippen MR) is 92.7 cm³/mol. The molecule has 1 fully saturated rings. The molecule has 0 spiro atoms. The van der Waals surface area contributed by atoms with E-state index in [1.165, 1.54) is 12.5 Å². The Bertz CT molecular complexity index is 681. The van der Waals surface area contributed by atoms with E-state index in [2.05, 4.69) is 37.9 Å². The van der Waals surface area contributed by atoms with E-state index < -0.39 is 0 Å². The topological polar surface area (TPSA) is 47.0 Å². The Labute approximate surface area is 142 Å². The number of hydrogen-bond donors (Lipinski definition) is 1. The minimum atomic E-state index is -0.309. The number of halogens is 2. The van der Waals surface area contributed by atoms with E-state index in [1.807, 2.05) is 19.1 Å². The van der Waals surface area contributed by atoms with E-state index >= 15 is 0 Å². The van der Waals surface area contributed by atoms with Crippen molar-refractivity contribution in [3.05, 3.63) is 33.3 Å². The molecule has 0 bridgehead atoms. The molecule has 1 aromatic heterocycles. The third-order valence-electron chi connectivity index (χ3n) is 3.72. The van der Waals surface area contributed by atoms with E-state index in [-0.39, 0.29) is 11.9 Å². The number of rotatable bonds is 4. The van der Waals surface area contributed by atoms with Crippen LogP contribution < -0.4 is 10.1 Å². The van der Waals surface area contributed by atoms with Crippen LogP contribution in [0.15, 0.2) is 18.2 Å². The Morgan fingerprint density at radius 3 is 2.64 bits per heavy atom. The van der Waals surface area contributed by atoms with Crippen molar-refractivity contribution in [2.24, 2.45) is 0 Å². The fourth-order valence-corrected chi connectivity index (χ4v) is 3.19. The monoisotopic (exact) mass is 413 g/mol. The second-order valence-electron chi connectivity index (χ2n) is 5.41. The zero-order chi connectivity index (χ0) is 15.7. The number of nitrogens with zero attached hydrogens (tertiary/aromatic N) is 2. The fourth-order valence-electron chi connectivity index (χ4n) is 2.33. The van der Waals surface area contributed by atoms with Gasteiger partial charge in [0.15, 0.2) is 5.82 Å². The number of benzene rings is 1. The van der Waals surface area contributed by atoms with Crippen molar-refractivity contribution < 1.29 is 9.13 Å². The van der Waals surface area contributed by atoms with Gasteiger partial charge in [-0.1, -0.05) is 0 Å². The summed E-state index contributed by atoms with van der Waals surface area (Å²) in [7, 11) is 1.70. The number of nitrogens with one attached hydrogen (secondary N) is 1. The number of ether oxygens (including phenoxy) is 1. The lowest BCUT2D eigenvalue weighted by Gasteiger charge is -2.25. The van der Waals surface area contributed by atoms with E-state index in [1.54, 1.807) is 7.05 Å². The lowest BCUT2D eigenvalue weighted by atomic mass is 9.96. The normalized spacial score (nSPS) is 14.5. The second kappa shape index (κ2) is 6.36. The van der Waals surface area contributed by atoms with Crippen molar-refractivity contribution in [2.75, 3.05) is 12.4 Å². The summed E-state index contributed by atoms with van der Waals surface area (Å²) in [6, 6.07) is 5.15. The molecular weight excluding hydrogens is 396 g/mol. The Morgan fingerprint density at radius 1 is 1.27 bits per heavy atom. The summed E-state index contributed by atoms with van der Waals surface area (Å²) in [5, 5.41) is 2.86. The van der Waals surface area contributed by atoms with Gasteiger partial charge in [-0.25, -0.2) is 9.37 Å². The Kier molecular flexibility index (Phi) is 4.46. The highest BCUT2D eigenvalue weighted by molar-refractivity contribution is 14.1. The summed E-state index contributed by atoms with van der Waals surface area (Å²) in [6.45, 7) is 1.89. The van der Waals surface area contributed by atoms with Gasteiger partial charge in [-0.15, -0.1) is 0 Å². The molecular formula is C16H17FIN3O. The summed E-state index contributed by atoms with van der Waals surface area (Å²) in [4.78, 5) is 8.85. The first-order chi connectivity index (χ1) is 10.6. The van der Waals surface area contributed by atoms with Crippen molar-refractivity contribution in [3.8, 4) is 17.3 Å². The lowest BCUT2D eigenvalue weighted by Crippen LogP contribution is -2.25. The maximum atomic E-state index is 14.1. The smallest absolute Gasteiger partial charge is 0.217 e. The largest absolute Gasteiger partial charge is 0.474 e. The molecule has 0 saturated heterocycles. The molecule has 0 aliphatic heterocycles. The molecule has 0 radical (unpaired) electrons. The molecule has 116 valence electrons. The summed E-state index contributed by atoms with van der Waals surface area (Å²) in [5.41, 5.74) is 1.96. The molecule has 0 atom stereocenters. The van der Waals surface area contributed by atoms with Crippen LogP contribution in [0.25, 0.3) is 11.4 Å². The number of anilines is 1. The van der Waals surface area contributed by atoms with Gasteiger partial charge in [0.05, 0.1) is 5.69 Å². The van der Waals surface area contributed by atoms with Crippen LogP contribution in [-0.4, -0.2) is 23.1 Å². The molecule has 6 heteroatoms. The van der Waals surface area contributed by atoms with Crippen LogP contribution in [0.2, 0.25) is 0 Å². The first-order valence-electron chi connectivity index (χ1n) is 7.26. The third kappa shape index (κ3) is 3.16. The molecule has 0 unspecified atom stereocenters. The van der Waals surface area contributed by atoms with Gasteiger partial charge < -0.3 is 10.1 Å². The molecule has 1 aliphatic rings. The molecule has 3 rings (SSSR count). The van der Waals surface area contributed by atoms with E-state index in [9.17, 15) is 4.39 Å². The molecule has 0 amide bonds. The maximum absolute atomic E-state index is 14.1. The Morgan fingerprint density at radius 2 is 2.05 bits per heavy atom. The van der Waals surface area contributed by atoms with Gasteiger partial charge >= 0.3 is 0 Å². The minimum absolute atomic E-state index is 0.255. The molecule has 1 heterocycles. The molecule has 1 aromatic carbocycles. The molecule has 4 nitrogen and oxygen atoms in total. The van der Waals surface area contributed by atoms with E-state index in [4.69, 9.17) is 4.74 Å². The van der Waals surface area contributed by atoms with Crippen LogP contribution in [0, 0.1) is 16.3 Å². The quantitative estimate of drug-likeness (QED) is 0.765. The number of aromatic nitrogens is 2. The Balaban J connectivity index is 1.96. The van der Waals surface area contributed by atoms with Crippen LogP contribution in [0.4, 0.5) is 10.1 Å². The van der Waals surface area contributed by atoms with Crippen LogP contribution in [0.3, 0.4) is 0 Å². The predicted octanol–water partition coefficient (Wildman–Crippen LogP) is 4.17. The standard InChI is InChI=1S/C16H17FIN3O/c1-9-6-14(22-11-4-3-5-11)21-16(20-9)10-7-12(17)15(19-2)13(18)8-10/h6-8,11,19H,3-5H2,1-2H3. The van der Waals surface area contributed by atoms with Gasteiger partial charge in [-0.2, -0.15) is 4.98 Å². The summed E-state index contributed by atoms with van der Waals surface area (Å²) >= 11 is 2.10. The van der Waals surface area contributed by atoms with Gasteiger partial charge in [0.25, 0.3) is 0 Å². The van der Waals surface area contributed by atoms with Crippen molar-refractivity contribution in [2.45, 2.75) is 32.3 Å². The van der Waals surface area contributed by atoms with Crippen molar-refractivity contribution >= 4 is 28.3 Å². The first kappa shape index (κ1) is 15.5. The highest BCUT2D eigenvalue weighted by Crippen LogP contribution is 2.30. The molecule has 1 N–H and O–H groups in total. The molecule has 1 saturated carbocycles. The van der Waals surface area contributed by atoms with Crippen LogP contribution in [0.1, 0.15) is 25.0 Å². The van der Waals surface area contributed by atoms with Crippen molar-refractivity contribution in [1.29, 1.82) is 0 Å². The van der Waals surface area contributed by atoms with Crippen molar-refractivity contribution in [3.63, 3.8) is 0 Å². The van der Waals surface area contributed by atoms with E-state index in [0.29, 0.717) is 23.0 Å². The maximum Gasteiger partial charge on any atom is 0.217 e. The zero-order valence-electron chi connectivity index (χ0n) is 12.5. The number of aryl methyl sites for hydroxylation is 1. The second-order valence-corrected chi connectivity index (χ2v) is 6.57. The van der Waals surface area contributed by atoms with Crippen LogP contribution >= 0.6 is 22.6 Å². The van der Waals surface area contributed by atoms with Gasteiger partial charge in [0.1, 0.15) is 11.9 Å². The SMILES string of the molecule is CNc1c(F)cc(-c2nc(C)cc(OC3CCC3)n2)cc1I. The molecule has 22 heavy (non-hydrogen) atoms. The van der Waals surface area contributed by atoms with E-state index in [0.717, 1.165) is 22.1 Å². The summed E-state index contributed by atoms with van der Waals surface area (Å²) < 4.78 is 20.8. The van der Waals surface area contributed by atoms with Gasteiger partial charge in [0.2, 0.25) is 5.88 Å². The van der Waals surface area contributed by atoms with Gasteiger partial charge in [-0.05, 0) is 60.9 Å². The summed E-state index contributed by atoms with van der Waals surface area (Å²) in [5.74, 6) is 0.755. The van der Waals surface area contributed by atoms with Gasteiger partial charge in [-0.3, -0.25) is 0 Å². The molecule has 1 aliphatic carbocycles. The zero-order valence-corrected chi connectivity index (χ0v) is 14.6. The van der Waals surface area contributed by atoms with Crippen LogP contribution in [-0.2, 0) is 0 Å². The Hall–Kier alpha value is -1.44. The van der Waals surface area contributed by atoms with Crippen LogP contribution in [0.5, 0.6) is 5.88 Å². The summed E-state index contributed by atoms with van der Waals surface area (Å²) in [6.07, 6.45) is 3.60. The van der Waals surface area contributed by atoms with Gasteiger partial charge in [0, 0.05) is 27.9 Å². The average Bonchev–Trinajstić information content (AvgIpc) is 2.42. The average molecular weight is 413 g/mol. The van der Waals surface area contributed by atoms with Crippen molar-refractivity contribution in [1.82, 2.24) is 9.97 Å². The number of hydrogen-bond acceptors (Lipinski definition) is 4. The molecule has 2 aromatic rings.